The number of benzene rings is 1. The summed E-state index contributed by atoms with van der Waals surface area (Å²) >= 11 is 0. The maximum atomic E-state index is 12.6. The largest absolute Gasteiger partial charge is 0.609 e. The molecule has 0 N–H and O–H groups in total. The number of unbranched alkanes of at least 4 members (excludes halogenated alkanes) is 2. The van der Waals surface area contributed by atoms with Crippen molar-refractivity contribution in [3.8, 4) is 0 Å². The first-order chi connectivity index (χ1) is 12.0. The van der Waals surface area contributed by atoms with Gasteiger partial charge < -0.3 is 9.31 Å². The van der Waals surface area contributed by atoms with Crippen LogP contribution in [-0.4, -0.2) is 18.5 Å². The quantitative estimate of drug-likeness (QED) is 0.562. The predicted octanol–water partition coefficient (Wildman–Crippen LogP) is 3.48. The minimum atomic E-state index is -2.13. The second-order valence-electron chi connectivity index (χ2n) is 7.39. The van der Waals surface area contributed by atoms with Gasteiger partial charge in [0, 0.05) is 5.82 Å². The van der Waals surface area contributed by atoms with Crippen LogP contribution in [0.4, 0.5) is 0 Å². The Labute approximate surface area is 150 Å². The molecule has 2 heterocycles. The van der Waals surface area contributed by atoms with E-state index < -0.39 is 6.55 Å². The van der Waals surface area contributed by atoms with Crippen LogP contribution >= 0.6 is 0 Å². The lowest BCUT2D eigenvalue weighted by atomic mass is 9.40. The van der Waals surface area contributed by atoms with Crippen molar-refractivity contribution >= 4 is 24.0 Å². The van der Waals surface area contributed by atoms with E-state index in [1.807, 2.05) is 31.2 Å². The van der Waals surface area contributed by atoms with Crippen molar-refractivity contribution < 1.29 is 18.9 Å². The Morgan fingerprint density at radius 3 is 1.84 bits per heavy atom. The van der Waals surface area contributed by atoms with E-state index >= 15 is 0 Å². The number of rotatable bonds is 7. The van der Waals surface area contributed by atoms with Gasteiger partial charge in [-0.1, -0.05) is 62.0 Å². The molecular weight excluding hydrogens is 315 g/mol. The summed E-state index contributed by atoms with van der Waals surface area (Å²) in [5.41, 5.74) is 1.93. The zero-order valence-corrected chi connectivity index (χ0v) is 15.4. The summed E-state index contributed by atoms with van der Waals surface area (Å²) in [6.07, 6.45) is 5.38. The van der Waals surface area contributed by atoms with Crippen LogP contribution in [0.15, 0.2) is 24.3 Å². The average Bonchev–Trinajstić information content (AvgIpc) is 3.01. The molecule has 2 aliphatic rings. The van der Waals surface area contributed by atoms with Gasteiger partial charge in [-0.05, 0) is 32.6 Å². The Morgan fingerprint density at radius 1 is 0.920 bits per heavy atom. The summed E-state index contributed by atoms with van der Waals surface area (Å²) in [5.74, 6) is -0.166. The fraction of sp³-hybridized carbons (Fsp3) is 0.550. The van der Waals surface area contributed by atoms with Crippen molar-refractivity contribution in [2.75, 3.05) is 0 Å². The van der Waals surface area contributed by atoms with Crippen LogP contribution in [-0.2, 0) is 18.9 Å². The van der Waals surface area contributed by atoms with Crippen LogP contribution < -0.4 is 5.46 Å². The Morgan fingerprint density at radius 2 is 1.40 bits per heavy atom. The van der Waals surface area contributed by atoms with E-state index in [0.717, 1.165) is 55.4 Å². The molecule has 134 valence electrons. The van der Waals surface area contributed by atoms with Gasteiger partial charge in [-0.2, -0.15) is 0 Å². The van der Waals surface area contributed by atoms with E-state index in [4.69, 9.17) is 9.31 Å². The highest BCUT2D eigenvalue weighted by Crippen LogP contribution is 2.50. The molecule has 2 aliphatic heterocycles. The lowest BCUT2D eigenvalue weighted by Gasteiger charge is -2.25. The van der Waals surface area contributed by atoms with Crippen LogP contribution in [0, 0.1) is 24.6 Å². The molecular formula is C20H27BO4. The fourth-order valence-corrected chi connectivity index (χ4v) is 4.23. The highest BCUT2D eigenvalue weighted by atomic mass is 16.7. The van der Waals surface area contributed by atoms with E-state index in [0.29, 0.717) is 0 Å². The van der Waals surface area contributed by atoms with Crippen molar-refractivity contribution in [1.29, 1.82) is 0 Å². The monoisotopic (exact) mass is 342 g/mol. The zero-order valence-electron chi connectivity index (χ0n) is 15.4. The predicted molar refractivity (Wildman–Crippen MR) is 98.0 cm³/mol. The summed E-state index contributed by atoms with van der Waals surface area (Å²) in [4.78, 5) is 25.3. The second-order valence-corrected chi connectivity index (χ2v) is 7.39. The number of hydrogen-bond acceptors (Lipinski definition) is 4. The molecule has 1 aromatic carbocycles. The van der Waals surface area contributed by atoms with Gasteiger partial charge in [0.1, 0.15) is 0 Å². The van der Waals surface area contributed by atoms with E-state index in [9.17, 15) is 9.59 Å². The molecule has 0 aromatic heterocycles. The molecule has 1 unspecified atom stereocenters. The molecule has 1 aromatic rings. The first-order valence-electron chi connectivity index (χ1n) is 9.57. The smallest absolute Gasteiger partial charge is 0.589 e. The fourth-order valence-electron chi connectivity index (χ4n) is 4.23. The average molecular weight is 342 g/mol. The molecule has 3 rings (SSSR count). The number of fused-ring (bicyclic) bond motifs is 1. The van der Waals surface area contributed by atoms with Gasteiger partial charge in [-0.3, -0.25) is 9.59 Å². The van der Waals surface area contributed by atoms with Crippen LogP contribution in [0.5, 0.6) is 0 Å². The third-order valence-corrected chi connectivity index (χ3v) is 5.59. The van der Waals surface area contributed by atoms with Crippen molar-refractivity contribution in [3.63, 3.8) is 0 Å². The van der Waals surface area contributed by atoms with Gasteiger partial charge in [0.15, 0.2) is 11.8 Å². The molecule has 2 saturated heterocycles. The number of carbonyl (C=O) groups is 2. The summed E-state index contributed by atoms with van der Waals surface area (Å²) in [6.45, 7) is 4.09. The van der Waals surface area contributed by atoms with Crippen LogP contribution in [0.3, 0.4) is 0 Å². The molecule has 2 fully saturated rings. The number of hydrogen-bond donors (Lipinski definition) is 0. The van der Waals surface area contributed by atoms with Gasteiger partial charge >= 0.3 is 18.5 Å². The van der Waals surface area contributed by atoms with Crippen LogP contribution in [0.2, 0.25) is 0 Å². The third-order valence-electron chi connectivity index (χ3n) is 5.59. The molecule has 0 saturated carbocycles. The van der Waals surface area contributed by atoms with E-state index in [1.54, 1.807) is 0 Å². The van der Waals surface area contributed by atoms with Crippen molar-refractivity contribution in [2.45, 2.75) is 59.3 Å². The van der Waals surface area contributed by atoms with E-state index in [1.165, 1.54) is 0 Å². The molecule has 4 nitrogen and oxygen atoms in total. The Balaban J connectivity index is 2.00. The molecule has 0 spiro atoms. The zero-order chi connectivity index (χ0) is 18.0. The molecule has 0 amide bonds. The SMILES string of the molecule is CCCC[C@@H]1C(=O)O[B-]2(c3ccc(C)cc3)OC(=O)[C@H](CCCC)[C+]12. The molecule has 0 radical (unpaired) electrons. The topological polar surface area (TPSA) is 52.6 Å². The maximum absolute atomic E-state index is 12.6. The lowest BCUT2D eigenvalue weighted by Crippen LogP contribution is -2.53. The summed E-state index contributed by atoms with van der Waals surface area (Å²) in [6, 6.07) is 7.81. The molecule has 5 heteroatoms. The van der Waals surface area contributed by atoms with E-state index in [-0.39, 0.29) is 23.8 Å². The van der Waals surface area contributed by atoms with Gasteiger partial charge in [-0.25, -0.2) is 0 Å². The lowest BCUT2D eigenvalue weighted by molar-refractivity contribution is -0.143. The first kappa shape index (κ1) is 17.9. The van der Waals surface area contributed by atoms with Gasteiger partial charge in [-0.15, -0.1) is 0 Å². The Hall–Kier alpha value is -1.91. The van der Waals surface area contributed by atoms with Crippen molar-refractivity contribution in [3.05, 3.63) is 35.6 Å². The molecule has 0 bridgehead atoms. The minimum Gasteiger partial charge on any atom is -0.609 e. The van der Waals surface area contributed by atoms with Gasteiger partial charge in [0.05, 0.1) is 0 Å². The minimum absolute atomic E-state index is 0.224. The van der Waals surface area contributed by atoms with Crippen LogP contribution in [0.1, 0.15) is 57.9 Å². The summed E-state index contributed by atoms with van der Waals surface area (Å²) in [5, 5.41) is 0. The van der Waals surface area contributed by atoms with E-state index in [2.05, 4.69) is 13.8 Å². The van der Waals surface area contributed by atoms with Gasteiger partial charge in [0.25, 0.3) is 0 Å². The second kappa shape index (κ2) is 7.15. The normalized spacial score (nSPS) is 28.0. The van der Waals surface area contributed by atoms with Crippen molar-refractivity contribution in [2.24, 2.45) is 11.8 Å². The third kappa shape index (κ3) is 3.05. The standard InChI is InChI=1S/C20H27BO4/c1-4-6-8-16-18-17(9-7-5-2)20(23)25-21(18,24-19(16)22)15-12-10-14(3)11-13-15/h10-13,16-17H,4-9H2,1-3H3/t16-,17+,21?. The Kier molecular flexibility index (Phi) is 5.12. The number of aryl methyl sites for hydroxylation is 1. The maximum Gasteiger partial charge on any atom is 0.589 e. The van der Waals surface area contributed by atoms with Gasteiger partial charge in [0.2, 0.25) is 0 Å². The first-order valence-corrected chi connectivity index (χ1v) is 9.57. The molecule has 3 atom stereocenters. The van der Waals surface area contributed by atoms with Crippen LogP contribution in [0.25, 0.3) is 0 Å². The highest BCUT2D eigenvalue weighted by molar-refractivity contribution is 6.91. The molecule has 25 heavy (non-hydrogen) atoms. The molecule has 0 aliphatic carbocycles. The highest BCUT2D eigenvalue weighted by Gasteiger charge is 2.73. The summed E-state index contributed by atoms with van der Waals surface area (Å²) in [7, 11) is 0. The summed E-state index contributed by atoms with van der Waals surface area (Å²) < 4.78 is 11.7. The number of carbonyl (C=O) groups excluding carboxylic acids is 2. The van der Waals surface area contributed by atoms with Crippen molar-refractivity contribution in [1.82, 2.24) is 0 Å². The Bertz CT molecular complexity index is 610.